The van der Waals surface area contributed by atoms with Gasteiger partial charge in [0.25, 0.3) is 0 Å². The van der Waals surface area contributed by atoms with Gasteiger partial charge in [-0.15, -0.1) is 0 Å². The maximum absolute atomic E-state index is 7.77. The minimum absolute atomic E-state index is 0.608. The van der Waals surface area contributed by atoms with Crippen LogP contribution in [0, 0.1) is 41.2 Å². The van der Waals surface area contributed by atoms with Crippen molar-refractivity contribution in [2.45, 2.75) is 34.6 Å². The quantitative estimate of drug-likeness (QED) is 0.206. The number of pyridine rings is 1. The Hall–Kier alpha value is -3.90. The Kier molecular flexibility index (Phi) is 4.83. The zero-order chi connectivity index (χ0) is 23.4. The van der Waals surface area contributed by atoms with Crippen molar-refractivity contribution < 1.29 is 8.98 Å². The summed E-state index contributed by atoms with van der Waals surface area (Å²) in [6.45, 7) is 18.5. The molecule has 162 valence electrons. The van der Waals surface area contributed by atoms with Gasteiger partial charge < -0.3 is 4.42 Å². The van der Waals surface area contributed by atoms with Gasteiger partial charge in [0.15, 0.2) is 11.4 Å². The van der Waals surface area contributed by atoms with E-state index in [-0.39, 0.29) is 0 Å². The normalized spacial score (nSPS) is 11.3. The summed E-state index contributed by atoms with van der Waals surface area (Å²) < 4.78 is 8.94. The van der Waals surface area contributed by atoms with Crippen LogP contribution in [0.25, 0.3) is 49.2 Å². The van der Waals surface area contributed by atoms with Crippen molar-refractivity contribution in [1.82, 2.24) is 0 Å². The molecule has 0 bridgehead atoms. The molecule has 0 N–H and O–H groups in total. The van der Waals surface area contributed by atoms with Crippen LogP contribution >= 0.6 is 0 Å². The zero-order valence-corrected chi connectivity index (χ0v) is 20.0. The van der Waals surface area contributed by atoms with E-state index < -0.39 is 0 Å². The minimum Gasteiger partial charge on any atom is -0.456 e. The summed E-state index contributed by atoms with van der Waals surface area (Å²) in [5.74, 6) is 0. The van der Waals surface area contributed by atoms with Crippen LogP contribution in [0.5, 0.6) is 0 Å². The maximum atomic E-state index is 7.77. The van der Waals surface area contributed by atoms with Crippen LogP contribution in [-0.2, 0) is 7.05 Å². The molecule has 0 spiro atoms. The first-order valence-corrected chi connectivity index (χ1v) is 11.2. The Morgan fingerprint density at radius 2 is 1.39 bits per heavy atom. The van der Waals surface area contributed by atoms with Gasteiger partial charge in [0, 0.05) is 34.9 Å². The number of furan rings is 1. The van der Waals surface area contributed by atoms with Gasteiger partial charge >= 0.3 is 0 Å². The molecular formula is C30H27N2O+. The predicted molar refractivity (Wildman–Crippen MR) is 136 cm³/mol. The Morgan fingerprint density at radius 1 is 0.758 bits per heavy atom. The number of aromatic nitrogens is 1. The van der Waals surface area contributed by atoms with Gasteiger partial charge in [0.05, 0.1) is 12.1 Å². The van der Waals surface area contributed by atoms with Crippen LogP contribution in [0.15, 0.2) is 59.0 Å². The smallest absolute Gasteiger partial charge is 0.216 e. The molecule has 5 aromatic rings. The lowest BCUT2D eigenvalue weighted by atomic mass is 9.96. The fourth-order valence-corrected chi connectivity index (χ4v) is 4.77. The number of hydrogen-bond donors (Lipinski definition) is 0. The molecule has 33 heavy (non-hydrogen) atoms. The summed E-state index contributed by atoms with van der Waals surface area (Å²) >= 11 is 0. The molecule has 3 nitrogen and oxygen atoms in total. The molecule has 0 fully saturated rings. The lowest BCUT2D eigenvalue weighted by Gasteiger charge is -2.10. The topological polar surface area (TPSA) is 21.4 Å². The molecule has 3 heteroatoms. The van der Waals surface area contributed by atoms with E-state index in [4.69, 9.17) is 11.0 Å². The fourth-order valence-electron chi connectivity index (χ4n) is 4.77. The van der Waals surface area contributed by atoms with Crippen LogP contribution in [0.4, 0.5) is 5.69 Å². The lowest BCUT2D eigenvalue weighted by Crippen LogP contribution is -2.36. The van der Waals surface area contributed by atoms with E-state index in [0.717, 1.165) is 44.3 Å². The Bertz CT molecular complexity index is 1610. The summed E-state index contributed by atoms with van der Waals surface area (Å²) in [6, 6.07) is 18.8. The predicted octanol–water partition coefficient (Wildman–Crippen LogP) is 7.84. The molecule has 0 aliphatic rings. The van der Waals surface area contributed by atoms with Gasteiger partial charge in [0.1, 0.15) is 18.2 Å². The number of fused-ring (bicyclic) bond motifs is 3. The second-order valence-electron chi connectivity index (χ2n) is 9.03. The van der Waals surface area contributed by atoms with Gasteiger partial charge in [-0.05, 0) is 44.4 Å². The molecule has 0 unspecified atom stereocenters. The first-order chi connectivity index (χ1) is 15.8. The molecule has 2 heterocycles. The molecule has 0 amide bonds. The van der Waals surface area contributed by atoms with Crippen molar-refractivity contribution >= 4 is 27.6 Å². The van der Waals surface area contributed by atoms with E-state index in [1.54, 1.807) is 0 Å². The van der Waals surface area contributed by atoms with E-state index in [1.165, 1.54) is 27.9 Å². The summed E-state index contributed by atoms with van der Waals surface area (Å²) in [5.41, 5.74) is 12.5. The van der Waals surface area contributed by atoms with Crippen LogP contribution in [0.1, 0.15) is 27.9 Å². The van der Waals surface area contributed by atoms with Gasteiger partial charge in [-0.2, -0.15) is 4.57 Å². The van der Waals surface area contributed by atoms with Gasteiger partial charge in [-0.3, -0.25) is 0 Å². The lowest BCUT2D eigenvalue weighted by molar-refractivity contribution is -0.667. The number of hydrogen-bond acceptors (Lipinski definition) is 1. The van der Waals surface area contributed by atoms with Gasteiger partial charge in [-0.25, -0.2) is 4.85 Å². The van der Waals surface area contributed by atoms with Gasteiger partial charge in [0.2, 0.25) is 5.69 Å². The molecule has 0 aliphatic carbocycles. The van der Waals surface area contributed by atoms with E-state index in [1.807, 2.05) is 12.1 Å². The first-order valence-electron chi connectivity index (χ1n) is 11.2. The van der Waals surface area contributed by atoms with Crippen molar-refractivity contribution in [3.8, 4) is 22.4 Å². The highest BCUT2D eigenvalue weighted by atomic mass is 16.3. The minimum atomic E-state index is 0.608. The molecule has 5 rings (SSSR count). The second-order valence-corrected chi connectivity index (χ2v) is 9.03. The Labute approximate surface area is 194 Å². The van der Waals surface area contributed by atoms with Crippen LogP contribution in [0.3, 0.4) is 0 Å². The molecule has 0 saturated carbocycles. The van der Waals surface area contributed by atoms with Crippen LogP contribution in [0.2, 0.25) is 0 Å². The summed E-state index contributed by atoms with van der Waals surface area (Å²) in [5, 5.41) is 2.11. The molecule has 0 aliphatic heterocycles. The van der Waals surface area contributed by atoms with E-state index >= 15 is 0 Å². The van der Waals surface area contributed by atoms with Crippen molar-refractivity contribution in [2.24, 2.45) is 7.05 Å². The molecule has 3 aromatic carbocycles. The van der Waals surface area contributed by atoms with Crippen LogP contribution < -0.4 is 4.57 Å². The Balaban J connectivity index is 1.91. The van der Waals surface area contributed by atoms with E-state index in [2.05, 4.69) is 93.5 Å². The zero-order valence-electron chi connectivity index (χ0n) is 20.0. The van der Waals surface area contributed by atoms with E-state index in [9.17, 15) is 0 Å². The van der Waals surface area contributed by atoms with Gasteiger partial charge in [-0.1, -0.05) is 54.1 Å². The Morgan fingerprint density at radius 3 is 2.06 bits per heavy atom. The molecule has 2 aromatic heterocycles. The van der Waals surface area contributed by atoms with Crippen LogP contribution in [-0.4, -0.2) is 0 Å². The third-order valence-electron chi connectivity index (χ3n) is 7.06. The highest BCUT2D eigenvalue weighted by molar-refractivity contribution is 6.15. The molecule has 0 atom stereocenters. The average molecular weight is 432 g/mol. The molecular weight excluding hydrogens is 404 g/mol. The summed E-state index contributed by atoms with van der Waals surface area (Å²) in [4.78, 5) is 3.82. The number of benzene rings is 3. The molecule has 0 saturated heterocycles. The largest absolute Gasteiger partial charge is 0.456 e. The first kappa shape index (κ1) is 21.0. The van der Waals surface area contributed by atoms with E-state index in [0.29, 0.717) is 5.69 Å². The SMILES string of the molecule is [C-]#[N+]c1ccc2c(oc3c(-c4cc(C)c(C)c(C)[n+]4C)c(C)ccc32)c1-c1ccc(C)cc1. The van der Waals surface area contributed by atoms with Crippen molar-refractivity contribution in [1.29, 1.82) is 0 Å². The molecule has 0 radical (unpaired) electrons. The highest BCUT2D eigenvalue weighted by Crippen LogP contribution is 2.44. The summed E-state index contributed by atoms with van der Waals surface area (Å²) in [7, 11) is 2.12. The fraction of sp³-hybridized carbons (Fsp3) is 0.200. The highest BCUT2D eigenvalue weighted by Gasteiger charge is 2.25. The van der Waals surface area contributed by atoms with Crippen molar-refractivity contribution in [2.75, 3.05) is 0 Å². The van der Waals surface area contributed by atoms with Crippen molar-refractivity contribution in [3.63, 3.8) is 0 Å². The standard InChI is InChI=1S/C30H27N2O/c1-17-8-11-22(12-9-17)28-25(31-6)15-14-24-23-13-10-18(2)27(29(23)33-30(24)28)26-16-19(3)20(4)21(5)32(26)7/h8-16H,1-5,7H3/q+1. The van der Waals surface area contributed by atoms with Crippen molar-refractivity contribution in [3.05, 3.63) is 94.0 Å². The number of aryl methyl sites for hydroxylation is 3. The maximum Gasteiger partial charge on any atom is 0.216 e. The number of rotatable bonds is 2. The third kappa shape index (κ3) is 3.14. The summed E-state index contributed by atoms with van der Waals surface area (Å²) in [6.07, 6.45) is 0. The third-order valence-corrected chi connectivity index (χ3v) is 7.06. The second kappa shape index (κ2) is 7.60. The average Bonchev–Trinajstić information content (AvgIpc) is 3.19. The monoisotopic (exact) mass is 431 g/mol. The number of nitrogens with zero attached hydrogens (tertiary/aromatic N) is 2.